The summed E-state index contributed by atoms with van der Waals surface area (Å²) in [4.78, 5) is 25.7. The van der Waals surface area contributed by atoms with Crippen LogP contribution in [0.1, 0.15) is 11.1 Å². The third kappa shape index (κ3) is 3.49. The Labute approximate surface area is 170 Å². The molecule has 4 rings (SSSR count). The Kier molecular flexibility index (Phi) is 4.94. The fourth-order valence-corrected chi connectivity index (χ4v) is 3.14. The average molecular weight is 411 g/mol. The van der Waals surface area contributed by atoms with Crippen LogP contribution < -0.4 is 5.32 Å². The first kappa shape index (κ1) is 19.6. The summed E-state index contributed by atoms with van der Waals surface area (Å²) < 4.78 is 42.8. The van der Waals surface area contributed by atoms with Crippen LogP contribution in [0.2, 0.25) is 0 Å². The van der Waals surface area contributed by atoms with Crippen LogP contribution in [-0.2, 0) is 11.3 Å². The summed E-state index contributed by atoms with van der Waals surface area (Å²) in [5.74, 6) is -1.67. The van der Waals surface area contributed by atoms with E-state index in [1.165, 1.54) is 18.5 Å². The molecule has 1 aromatic heterocycles. The van der Waals surface area contributed by atoms with Crippen LogP contribution in [0.5, 0.6) is 0 Å². The Morgan fingerprint density at radius 2 is 1.50 bits per heavy atom. The number of halogens is 3. The quantitative estimate of drug-likeness (QED) is 0.696. The number of rotatable bonds is 5. The molecular formula is C21H16F3N5O. The van der Waals surface area contributed by atoms with Crippen LogP contribution in [0.4, 0.5) is 19.1 Å². The van der Waals surface area contributed by atoms with Crippen LogP contribution in [0, 0.1) is 0 Å². The van der Waals surface area contributed by atoms with Gasteiger partial charge in [-0.1, -0.05) is 60.7 Å². The van der Waals surface area contributed by atoms with E-state index in [9.17, 15) is 18.0 Å². The van der Waals surface area contributed by atoms with Crippen molar-refractivity contribution >= 4 is 17.7 Å². The first-order chi connectivity index (χ1) is 14.4. The average Bonchev–Trinajstić information content (AvgIpc) is 3.03. The van der Waals surface area contributed by atoms with E-state index in [-0.39, 0.29) is 18.3 Å². The maximum Gasteiger partial charge on any atom is 0.442 e. The van der Waals surface area contributed by atoms with Crippen LogP contribution in [-0.4, -0.2) is 38.4 Å². The molecule has 1 atom stereocenters. The molecule has 0 aliphatic carbocycles. The highest BCUT2D eigenvalue weighted by Gasteiger charge is 2.66. The first-order valence-electron chi connectivity index (χ1n) is 9.04. The Hall–Kier alpha value is -3.75. The fraction of sp³-hybridized carbons (Fsp3) is 0.143. The summed E-state index contributed by atoms with van der Waals surface area (Å²) >= 11 is 0. The van der Waals surface area contributed by atoms with Gasteiger partial charge in [0.05, 0.1) is 6.54 Å². The molecule has 2 aromatic carbocycles. The second kappa shape index (κ2) is 7.58. The number of carbonyl (C=O) groups excluding carboxylic acids is 1. The molecule has 9 heteroatoms. The zero-order chi connectivity index (χ0) is 21.2. The highest BCUT2D eigenvalue weighted by Crippen LogP contribution is 2.40. The number of alkyl halides is 3. The number of amidine groups is 1. The molecule has 0 fully saturated rings. The lowest BCUT2D eigenvalue weighted by Gasteiger charge is -2.29. The van der Waals surface area contributed by atoms with Gasteiger partial charge < -0.3 is 5.32 Å². The molecule has 6 nitrogen and oxygen atoms in total. The third-order valence-corrected chi connectivity index (χ3v) is 4.57. The van der Waals surface area contributed by atoms with Crippen molar-refractivity contribution in [3.05, 3.63) is 90.3 Å². The van der Waals surface area contributed by atoms with Crippen molar-refractivity contribution in [3.63, 3.8) is 0 Å². The van der Waals surface area contributed by atoms with Gasteiger partial charge in [-0.05, 0) is 11.6 Å². The minimum atomic E-state index is -5.03. The summed E-state index contributed by atoms with van der Waals surface area (Å²) in [6, 6.07) is 18.5. The number of hydrogen-bond donors (Lipinski definition) is 1. The zero-order valence-corrected chi connectivity index (χ0v) is 15.5. The number of carbonyl (C=O) groups is 1. The molecule has 0 saturated carbocycles. The topological polar surface area (TPSA) is 70.5 Å². The predicted octanol–water partition coefficient (Wildman–Crippen LogP) is 3.64. The molecule has 0 unspecified atom stereocenters. The Balaban J connectivity index is 1.83. The van der Waals surface area contributed by atoms with Crippen molar-refractivity contribution in [2.75, 3.05) is 5.32 Å². The van der Waals surface area contributed by atoms with Gasteiger partial charge in [-0.15, -0.1) is 0 Å². The minimum Gasteiger partial charge on any atom is -0.314 e. The highest BCUT2D eigenvalue weighted by molar-refractivity contribution is 6.16. The van der Waals surface area contributed by atoms with E-state index in [0.717, 1.165) is 4.90 Å². The summed E-state index contributed by atoms with van der Waals surface area (Å²) in [6.07, 6.45) is -2.47. The van der Waals surface area contributed by atoms with E-state index in [4.69, 9.17) is 0 Å². The normalized spacial score (nSPS) is 19.0. The van der Waals surface area contributed by atoms with Gasteiger partial charge in [0.15, 0.2) is 0 Å². The molecule has 1 aliphatic rings. The van der Waals surface area contributed by atoms with Crippen molar-refractivity contribution in [1.82, 2.24) is 14.9 Å². The standard InChI is InChI=1S/C21H16F3N5O/c22-21(23,24)20(28-19-25-12-7-13-26-19)18(30)29(14-15-8-3-1-4-9-15)17(27-20)16-10-5-2-6-11-16/h1-13H,14H2,(H,25,26,28)/t20-/m0/s1. The van der Waals surface area contributed by atoms with Crippen molar-refractivity contribution in [2.24, 2.45) is 4.99 Å². The highest BCUT2D eigenvalue weighted by atomic mass is 19.4. The van der Waals surface area contributed by atoms with Crippen molar-refractivity contribution in [1.29, 1.82) is 0 Å². The molecule has 0 bridgehead atoms. The van der Waals surface area contributed by atoms with Crippen molar-refractivity contribution in [2.45, 2.75) is 18.4 Å². The molecule has 2 heterocycles. The summed E-state index contributed by atoms with van der Waals surface area (Å²) in [6.45, 7) is -0.0669. The molecule has 1 aliphatic heterocycles. The lowest BCUT2D eigenvalue weighted by Crippen LogP contribution is -2.58. The van der Waals surface area contributed by atoms with Crippen LogP contribution in [0.3, 0.4) is 0 Å². The molecule has 3 aromatic rings. The van der Waals surface area contributed by atoms with E-state index >= 15 is 0 Å². The van der Waals surface area contributed by atoms with E-state index in [1.807, 2.05) is 0 Å². The lowest BCUT2D eigenvalue weighted by atomic mass is 10.1. The largest absolute Gasteiger partial charge is 0.442 e. The number of aromatic nitrogens is 2. The maximum atomic E-state index is 14.3. The number of benzene rings is 2. The summed E-state index contributed by atoms with van der Waals surface area (Å²) in [5.41, 5.74) is -2.17. The van der Waals surface area contributed by atoms with Gasteiger partial charge in [-0.3, -0.25) is 9.69 Å². The number of amides is 1. The Morgan fingerprint density at radius 3 is 2.10 bits per heavy atom. The lowest BCUT2D eigenvalue weighted by molar-refractivity contribution is -0.185. The Bertz CT molecular complexity index is 1060. The van der Waals surface area contributed by atoms with Gasteiger partial charge in [-0.2, -0.15) is 13.2 Å². The van der Waals surface area contributed by atoms with Gasteiger partial charge >= 0.3 is 11.8 Å². The molecule has 1 N–H and O–H groups in total. The molecule has 152 valence electrons. The van der Waals surface area contributed by atoms with E-state index in [0.29, 0.717) is 11.1 Å². The molecule has 30 heavy (non-hydrogen) atoms. The molecule has 0 spiro atoms. The van der Waals surface area contributed by atoms with E-state index in [1.54, 1.807) is 60.7 Å². The van der Waals surface area contributed by atoms with Crippen LogP contribution in [0.15, 0.2) is 84.1 Å². The summed E-state index contributed by atoms with van der Waals surface area (Å²) in [7, 11) is 0. The Morgan fingerprint density at radius 1 is 0.900 bits per heavy atom. The van der Waals surface area contributed by atoms with Gasteiger partial charge in [0.2, 0.25) is 5.95 Å². The van der Waals surface area contributed by atoms with Gasteiger partial charge in [0, 0.05) is 18.0 Å². The van der Waals surface area contributed by atoms with Crippen molar-refractivity contribution < 1.29 is 18.0 Å². The molecular weight excluding hydrogens is 395 g/mol. The van der Waals surface area contributed by atoms with E-state index < -0.39 is 17.7 Å². The third-order valence-electron chi connectivity index (χ3n) is 4.57. The smallest absolute Gasteiger partial charge is 0.314 e. The van der Waals surface area contributed by atoms with Crippen molar-refractivity contribution in [3.8, 4) is 0 Å². The minimum absolute atomic E-state index is 0.0669. The monoisotopic (exact) mass is 411 g/mol. The number of hydrogen-bond acceptors (Lipinski definition) is 5. The number of anilines is 1. The van der Waals surface area contributed by atoms with Gasteiger partial charge in [-0.25, -0.2) is 15.0 Å². The summed E-state index contributed by atoms with van der Waals surface area (Å²) in [5, 5.41) is 2.13. The number of nitrogens with one attached hydrogen (secondary N) is 1. The van der Waals surface area contributed by atoms with Gasteiger partial charge in [0.25, 0.3) is 5.91 Å². The van der Waals surface area contributed by atoms with E-state index in [2.05, 4.69) is 20.3 Å². The molecule has 0 radical (unpaired) electrons. The second-order valence-corrected chi connectivity index (χ2v) is 6.58. The molecule has 1 amide bonds. The van der Waals surface area contributed by atoms with Crippen LogP contribution >= 0.6 is 0 Å². The SMILES string of the molecule is O=C1N(Cc2ccccc2)C(c2ccccc2)=N[C@@]1(Nc1ncccn1)C(F)(F)F. The molecule has 0 saturated heterocycles. The maximum absolute atomic E-state index is 14.3. The fourth-order valence-electron chi connectivity index (χ4n) is 3.14. The number of nitrogens with zero attached hydrogens (tertiary/aromatic N) is 4. The number of aliphatic imine (C=N–C) groups is 1. The zero-order valence-electron chi connectivity index (χ0n) is 15.5. The predicted molar refractivity (Wildman–Crippen MR) is 104 cm³/mol. The second-order valence-electron chi connectivity index (χ2n) is 6.58. The first-order valence-corrected chi connectivity index (χ1v) is 9.04. The van der Waals surface area contributed by atoms with Crippen LogP contribution in [0.25, 0.3) is 0 Å². The van der Waals surface area contributed by atoms with Gasteiger partial charge in [0.1, 0.15) is 5.84 Å².